The van der Waals surface area contributed by atoms with E-state index in [1.54, 1.807) is 24.5 Å². The fourth-order valence-electron chi connectivity index (χ4n) is 2.06. The van der Waals surface area contributed by atoms with Crippen molar-refractivity contribution in [3.05, 3.63) is 48.0 Å². The Morgan fingerprint density at radius 1 is 1.37 bits per heavy atom. The van der Waals surface area contributed by atoms with Gasteiger partial charge in [0.2, 0.25) is 0 Å². The monoisotopic (exact) mass is 274 g/mol. The first-order chi connectivity index (χ1) is 9.27. The van der Waals surface area contributed by atoms with Crippen LogP contribution in [0.4, 0.5) is 10.1 Å². The smallest absolute Gasteiger partial charge is 0.136 e. The SMILES string of the molecule is CCCc1c(NC=S)ccc(-c2cccnc2)c1F. The highest BCUT2D eigenvalue weighted by Gasteiger charge is 2.13. The average molecular weight is 274 g/mol. The maximum absolute atomic E-state index is 14.6. The summed E-state index contributed by atoms with van der Waals surface area (Å²) in [6, 6.07) is 7.27. The molecule has 4 heteroatoms. The van der Waals surface area contributed by atoms with Gasteiger partial charge in [-0.25, -0.2) is 4.39 Å². The van der Waals surface area contributed by atoms with Crippen LogP contribution in [-0.4, -0.2) is 10.5 Å². The number of aromatic nitrogens is 1. The second-order valence-electron chi connectivity index (χ2n) is 4.21. The van der Waals surface area contributed by atoms with Crippen molar-refractivity contribution in [2.24, 2.45) is 0 Å². The largest absolute Gasteiger partial charge is 0.352 e. The van der Waals surface area contributed by atoms with Gasteiger partial charge in [-0.1, -0.05) is 31.6 Å². The van der Waals surface area contributed by atoms with E-state index in [9.17, 15) is 4.39 Å². The quantitative estimate of drug-likeness (QED) is 0.827. The Bertz CT molecular complexity index is 570. The number of hydrogen-bond acceptors (Lipinski definition) is 2. The Hall–Kier alpha value is -1.81. The predicted molar refractivity (Wildman–Crippen MR) is 80.9 cm³/mol. The average Bonchev–Trinajstić information content (AvgIpc) is 2.44. The molecule has 2 aromatic rings. The number of nitrogens with one attached hydrogen (secondary N) is 1. The van der Waals surface area contributed by atoms with Crippen LogP contribution in [0.5, 0.6) is 0 Å². The molecule has 0 unspecified atom stereocenters. The van der Waals surface area contributed by atoms with E-state index < -0.39 is 0 Å². The first kappa shape index (κ1) is 13.6. The van der Waals surface area contributed by atoms with Gasteiger partial charge in [-0.3, -0.25) is 4.98 Å². The summed E-state index contributed by atoms with van der Waals surface area (Å²) in [6.45, 7) is 2.03. The molecule has 1 N–H and O–H groups in total. The summed E-state index contributed by atoms with van der Waals surface area (Å²) in [5, 5.41) is 2.91. The van der Waals surface area contributed by atoms with Crippen molar-refractivity contribution < 1.29 is 4.39 Å². The highest BCUT2D eigenvalue weighted by Crippen LogP contribution is 2.30. The Kier molecular flexibility index (Phi) is 4.58. The Morgan fingerprint density at radius 3 is 2.84 bits per heavy atom. The predicted octanol–water partition coefficient (Wildman–Crippen LogP) is 4.21. The fourth-order valence-corrected chi connectivity index (χ4v) is 2.19. The number of thiocarbonyl (C=S) groups is 1. The summed E-state index contributed by atoms with van der Waals surface area (Å²) in [7, 11) is 0. The van der Waals surface area contributed by atoms with Crippen molar-refractivity contribution in [2.45, 2.75) is 19.8 Å². The summed E-state index contributed by atoms with van der Waals surface area (Å²) in [5.74, 6) is -0.197. The molecule has 2 nitrogen and oxygen atoms in total. The molecule has 0 bridgehead atoms. The third kappa shape index (κ3) is 2.96. The standard InChI is InChI=1S/C15H15FN2S/c1-2-4-13-14(18-10-19)7-6-12(15(13)16)11-5-3-8-17-9-11/h3,5-10H,2,4H2,1H3,(H,18,19). The minimum atomic E-state index is -0.197. The Labute approximate surface area is 117 Å². The minimum Gasteiger partial charge on any atom is -0.352 e. The second kappa shape index (κ2) is 6.38. The molecular formula is C15H15FN2S. The highest BCUT2D eigenvalue weighted by atomic mass is 32.1. The van der Waals surface area contributed by atoms with Crippen LogP contribution < -0.4 is 5.32 Å². The van der Waals surface area contributed by atoms with Gasteiger partial charge in [-0.15, -0.1) is 0 Å². The van der Waals surface area contributed by atoms with Crippen LogP contribution in [0.15, 0.2) is 36.7 Å². The van der Waals surface area contributed by atoms with E-state index in [1.807, 2.05) is 19.1 Å². The van der Waals surface area contributed by atoms with Crippen molar-refractivity contribution >= 4 is 23.4 Å². The summed E-state index contributed by atoms with van der Waals surface area (Å²) in [4.78, 5) is 4.03. The summed E-state index contributed by atoms with van der Waals surface area (Å²) >= 11 is 4.78. The molecule has 19 heavy (non-hydrogen) atoms. The van der Waals surface area contributed by atoms with Crippen molar-refractivity contribution in [1.82, 2.24) is 4.98 Å². The van der Waals surface area contributed by atoms with Crippen molar-refractivity contribution in [1.29, 1.82) is 0 Å². The molecule has 0 amide bonds. The van der Waals surface area contributed by atoms with Crippen molar-refractivity contribution in [3.8, 4) is 11.1 Å². The van der Waals surface area contributed by atoms with E-state index >= 15 is 0 Å². The fraction of sp³-hybridized carbons (Fsp3) is 0.200. The number of hydrogen-bond donors (Lipinski definition) is 1. The van der Waals surface area contributed by atoms with Gasteiger partial charge in [-0.2, -0.15) is 0 Å². The lowest BCUT2D eigenvalue weighted by atomic mass is 9.99. The molecule has 0 aliphatic heterocycles. The third-order valence-corrected chi connectivity index (χ3v) is 3.05. The zero-order chi connectivity index (χ0) is 13.7. The van der Waals surface area contributed by atoms with Gasteiger partial charge in [0.1, 0.15) is 5.82 Å². The Morgan fingerprint density at radius 2 is 2.21 bits per heavy atom. The van der Waals surface area contributed by atoms with E-state index in [0.29, 0.717) is 17.5 Å². The summed E-state index contributed by atoms with van der Waals surface area (Å²) in [6.07, 6.45) is 4.89. The molecule has 1 heterocycles. The van der Waals surface area contributed by atoms with Gasteiger partial charge >= 0.3 is 0 Å². The summed E-state index contributed by atoms with van der Waals surface area (Å²) in [5.41, 5.74) is 4.17. The summed E-state index contributed by atoms with van der Waals surface area (Å²) < 4.78 is 14.6. The van der Waals surface area contributed by atoms with E-state index in [1.165, 1.54) is 5.49 Å². The van der Waals surface area contributed by atoms with Gasteiger partial charge in [0, 0.05) is 34.8 Å². The van der Waals surface area contributed by atoms with Crippen LogP contribution in [0, 0.1) is 5.82 Å². The molecular weight excluding hydrogens is 259 g/mol. The molecule has 1 aromatic carbocycles. The van der Waals surface area contributed by atoms with Gasteiger partial charge in [0.05, 0.1) is 5.49 Å². The lowest BCUT2D eigenvalue weighted by Crippen LogP contribution is -2.02. The van der Waals surface area contributed by atoms with Crippen LogP contribution >= 0.6 is 12.2 Å². The van der Waals surface area contributed by atoms with Crippen LogP contribution in [0.25, 0.3) is 11.1 Å². The van der Waals surface area contributed by atoms with Gasteiger partial charge in [-0.05, 0) is 24.6 Å². The first-order valence-electron chi connectivity index (χ1n) is 6.20. The molecule has 0 saturated carbocycles. The van der Waals surface area contributed by atoms with Gasteiger partial charge in [0.15, 0.2) is 0 Å². The molecule has 2 rings (SSSR count). The van der Waals surface area contributed by atoms with Crippen LogP contribution in [0.2, 0.25) is 0 Å². The molecule has 98 valence electrons. The molecule has 0 radical (unpaired) electrons. The van der Waals surface area contributed by atoms with Gasteiger partial charge in [0.25, 0.3) is 0 Å². The first-order valence-corrected chi connectivity index (χ1v) is 6.67. The molecule has 0 atom stereocenters. The van der Waals surface area contributed by atoms with E-state index in [-0.39, 0.29) is 5.82 Å². The number of pyridine rings is 1. The van der Waals surface area contributed by atoms with Crippen LogP contribution in [0.1, 0.15) is 18.9 Å². The maximum Gasteiger partial charge on any atom is 0.136 e. The third-order valence-electron chi connectivity index (χ3n) is 2.93. The van der Waals surface area contributed by atoms with Crippen molar-refractivity contribution in [3.63, 3.8) is 0 Å². The lowest BCUT2D eigenvalue weighted by Gasteiger charge is -2.13. The zero-order valence-corrected chi connectivity index (χ0v) is 11.5. The molecule has 0 saturated heterocycles. The number of nitrogens with zero attached hydrogens (tertiary/aromatic N) is 1. The number of benzene rings is 1. The molecule has 0 aliphatic rings. The minimum absolute atomic E-state index is 0.197. The Balaban J connectivity index is 2.53. The van der Waals surface area contributed by atoms with Gasteiger partial charge < -0.3 is 5.32 Å². The molecule has 0 spiro atoms. The van der Waals surface area contributed by atoms with Crippen LogP contribution in [0.3, 0.4) is 0 Å². The number of halogens is 1. The number of anilines is 1. The number of rotatable bonds is 5. The zero-order valence-electron chi connectivity index (χ0n) is 10.7. The van der Waals surface area contributed by atoms with E-state index in [0.717, 1.165) is 17.7 Å². The highest BCUT2D eigenvalue weighted by molar-refractivity contribution is 7.79. The van der Waals surface area contributed by atoms with Crippen LogP contribution in [-0.2, 0) is 6.42 Å². The van der Waals surface area contributed by atoms with E-state index in [2.05, 4.69) is 10.3 Å². The molecule has 0 aliphatic carbocycles. The second-order valence-corrected chi connectivity index (χ2v) is 4.44. The molecule has 0 fully saturated rings. The topological polar surface area (TPSA) is 24.9 Å². The normalized spacial score (nSPS) is 10.2. The van der Waals surface area contributed by atoms with E-state index in [4.69, 9.17) is 12.2 Å². The van der Waals surface area contributed by atoms with Crippen molar-refractivity contribution in [2.75, 3.05) is 5.32 Å². The molecule has 1 aromatic heterocycles. The lowest BCUT2D eigenvalue weighted by molar-refractivity contribution is 0.612. The maximum atomic E-state index is 14.6.